The van der Waals surface area contributed by atoms with Crippen LogP contribution >= 0.6 is 22.7 Å². The Hall–Kier alpha value is -1.64. The monoisotopic (exact) mass is 392 g/mol. The number of nitrogens with zero attached hydrogens (tertiary/aromatic N) is 4. The number of thiazole rings is 1. The minimum Gasteiger partial charge on any atom is -0.354 e. The number of rotatable bonds is 7. The van der Waals surface area contributed by atoms with Crippen LogP contribution in [0.3, 0.4) is 0 Å². The zero-order chi connectivity index (χ0) is 18.4. The first-order valence-electron chi connectivity index (χ1n) is 9.01. The van der Waals surface area contributed by atoms with Gasteiger partial charge in [-0.2, -0.15) is 0 Å². The molecule has 0 aromatic carbocycles. The fourth-order valence-electron chi connectivity index (χ4n) is 3.11. The summed E-state index contributed by atoms with van der Waals surface area (Å²) < 4.78 is 0. The van der Waals surface area contributed by atoms with Crippen LogP contribution in [0.1, 0.15) is 29.5 Å². The lowest BCUT2D eigenvalue weighted by Gasteiger charge is -2.27. The van der Waals surface area contributed by atoms with Crippen molar-refractivity contribution in [3.8, 4) is 0 Å². The van der Waals surface area contributed by atoms with Gasteiger partial charge in [0.25, 0.3) is 0 Å². The van der Waals surface area contributed by atoms with E-state index in [4.69, 9.17) is 0 Å². The first-order valence-corrected chi connectivity index (χ1v) is 10.8. The van der Waals surface area contributed by atoms with Crippen LogP contribution in [0.2, 0.25) is 0 Å². The summed E-state index contributed by atoms with van der Waals surface area (Å²) in [6.45, 7) is 3.91. The van der Waals surface area contributed by atoms with E-state index in [2.05, 4.69) is 48.4 Å². The van der Waals surface area contributed by atoms with Gasteiger partial charge in [-0.1, -0.05) is 6.07 Å². The molecular weight excluding hydrogens is 364 g/mol. The average molecular weight is 393 g/mol. The van der Waals surface area contributed by atoms with Crippen LogP contribution in [-0.2, 0) is 6.54 Å². The highest BCUT2D eigenvalue weighted by Crippen LogP contribution is 2.27. The fourth-order valence-corrected chi connectivity index (χ4v) is 4.73. The molecule has 142 valence electrons. The van der Waals surface area contributed by atoms with Crippen molar-refractivity contribution in [2.45, 2.75) is 25.4 Å². The molecule has 1 saturated heterocycles. The third kappa shape index (κ3) is 4.96. The molecule has 2 aromatic heterocycles. The summed E-state index contributed by atoms with van der Waals surface area (Å²) in [4.78, 5) is 15.0. The Balaban J connectivity index is 1.54. The molecule has 0 radical (unpaired) electrons. The molecule has 1 aliphatic rings. The molecule has 3 heterocycles. The minimum atomic E-state index is 0.413. The molecule has 2 N–H and O–H groups in total. The van der Waals surface area contributed by atoms with Crippen LogP contribution in [0.25, 0.3) is 0 Å². The van der Waals surface area contributed by atoms with Gasteiger partial charge in [-0.05, 0) is 37.4 Å². The summed E-state index contributed by atoms with van der Waals surface area (Å²) in [7, 11) is 5.84. The number of nitrogens with one attached hydrogen (secondary N) is 2. The van der Waals surface area contributed by atoms with E-state index in [9.17, 15) is 0 Å². The molecule has 8 heteroatoms. The van der Waals surface area contributed by atoms with Gasteiger partial charge in [-0.15, -0.1) is 22.7 Å². The standard InChI is InChI=1S/C18H28N6S2/c1-19-17(20-11-14-13-26-18(22-14)23(2)3)21-12-15(16-7-6-10-25-16)24-8-4-5-9-24/h6-7,10,13,15H,4-5,8-9,11-12H2,1-3H3,(H2,19,20,21). The first-order chi connectivity index (χ1) is 12.7. The molecule has 0 aliphatic carbocycles. The molecule has 0 bridgehead atoms. The van der Waals surface area contributed by atoms with Crippen molar-refractivity contribution >= 4 is 33.8 Å². The maximum atomic E-state index is 4.61. The molecule has 3 rings (SSSR count). The van der Waals surface area contributed by atoms with E-state index in [1.54, 1.807) is 11.3 Å². The summed E-state index contributed by atoms with van der Waals surface area (Å²) in [6.07, 6.45) is 2.60. The highest BCUT2D eigenvalue weighted by Gasteiger charge is 2.24. The number of guanidine groups is 1. The number of anilines is 1. The lowest BCUT2D eigenvalue weighted by molar-refractivity contribution is 0.249. The Morgan fingerprint density at radius 3 is 2.73 bits per heavy atom. The summed E-state index contributed by atoms with van der Waals surface area (Å²) in [5.41, 5.74) is 1.04. The van der Waals surface area contributed by atoms with Crippen molar-refractivity contribution in [1.29, 1.82) is 0 Å². The van der Waals surface area contributed by atoms with Crippen LogP contribution < -0.4 is 15.5 Å². The van der Waals surface area contributed by atoms with Crippen LogP contribution in [0.15, 0.2) is 27.9 Å². The van der Waals surface area contributed by atoms with Crippen molar-refractivity contribution in [3.63, 3.8) is 0 Å². The van der Waals surface area contributed by atoms with Gasteiger partial charge in [0.05, 0.1) is 18.3 Å². The van der Waals surface area contributed by atoms with E-state index in [1.165, 1.54) is 30.8 Å². The molecule has 6 nitrogen and oxygen atoms in total. The van der Waals surface area contributed by atoms with Crippen molar-refractivity contribution in [1.82, 2.24) is 20.5 Å². The van der Waals surface area contributed by atoms with Gasteiger partial charge in [0.1, 0.15) is 0 Å². The zero-order valence-corrected chi connectivity index (χ0v) is 17.4. The molecule has 26 heavy (non-hydrogen) atoms. The Morgan fingerprint density at radius 1 is 1.31 bits per heavy atom. The lowest BCUT2D eigenvalue weighted by atomic mass is 10.2. The van der Waals surface area contributed by atoms with Gasteiger partial charge in [-0.25, -0.2) is 4.98 Å². The van der Waals surface area contributed by atoms with E-state index in [0.717, 1.165) is 23.3 Å². The second-order valence-corrected chi connectivity index (χ2v) is 8.41. The van der Waals surface area contributed by atoms with E-state index in [0.29, 0.717) is 12.6 Å². The van der Waals surface area contributed by atoms with Gasteiger partial charge in [0, 0.05) is 37.9 Å². The summed E-state index contributed by atoms with van der Waals surface area (Å²) in [5.74, 6) is 0.824. The Kier molecular flexibility index (Phi) is 6.87. The van der Waals surface area contributed by atoms with Gasteiger partial charge in [0.15, 0.2) is 11.1 Å². The Labute approximate surface area is 164 Å². The topological polar surface area (TPSA) is 55.8 Å². The Morgan fingerprint density at radius 2 is 2.12 bits per heavy atom. The van der Waals surface area contributed by atoms with Crippen molar-refractivity contribution in [3.05, 3.63) is 33.5 Å². The number of hydrogen-bond acceptors (Lipinski definition) is 6. The van der Waals surface area contributed by atoms with E-state index >= 15 is 0 Å². The largest absolute Gasteiger partial charge is 0.354 e. The van der Waals surface area contributed by atoms with E-state index < -0.39 is 0 Å². The molecular formula is C18H28N6S2. The quantitative estimate of drug-likeness (QED) is 0.561. The predicted octanol–water partition coefficient (Wildman–Crippen LogP) is 2.77. The average Bonchev–Trinajstić information content (AvgIpc) is 3.40. The molecule has 0 saturated carbocycles. The van der Waals surface area contributed by atoms with Crippen LogP contribution in [0, 0.1) is 0 Å². The fraction of sp³-hybridized carbons (Fsp3) is 0.556. The lowest BCUT2D eigenvalue weighted by Crippen LogP contribution is -2.42. The van der Waals surface area contributed by atoms with Crippen LogP contribution in [0.5, 0.6) is 0 Å². The third-order valence-corrected chi connectivity index (χ3v) is 6.53. The Bertz CT molecular complexity index is 688. The molecule has 0 amide bonds. The molecule has 1 aliphatic heterocycles. The normalized spacial score (nSPS) is 16.7. The maximum absolute atomic E-state index is 4.61. The summed E-state index contributed by atoms with van der Waals surface area (Å²) >= 11 is 3.50. The van der Waals surface area contributed by atoms with Gasteiger partial charge >= 0.3 is 0 Å². The van der Waals surface area contributed by atoms with E-state index in [-0.39, 0.29) is 0 Å². The van der Waals surface area contributed by atoms with Gasteiger partial charge in [0.2, 0.25) is 0 Å². The highest BCUT2D eigenvalue weighted by molar-refractivity contribution is 7.13. The van der Waals surface area contributed by atoms with Crippen molar-refractivity contribution in [2.75, 3.05) is 45.7 Å². The number of hydrogen-bond donors (Lipinski definition) is 2. The van der Waals surface area contributed by atoms with Gasteiger partial charge in [-0.3, -0.25) is 9.89 Å². The maximum Gasteiger partial charge on any atom is 0.191 e. The highest BCUT2D eigenvalue weighted by atomic mass is 32.1. The van der Waals surface area contributed by atoms with Crippen LogP contribution in [-0.4, -0.2) is 56.6 Å². The number of aliphatic imine (C=N–C) groups is 1. The SMILES string of the molecule is CN=C(NCc1csc(N(C)C)n1)NCC(c1cccs1)N1CCCC1. The molecule has 2 aromatic rings. The summed E-state index contributed by atoms with van der Waals surface area (Å²) in [6, 6.07) is 4.79. The van der Waals surface area contributed by atoms with E-state index in [1.807, 2.05) is 37.4 Å². The molecule has 1 unspecified atom stereocenters. The second-order valence-electron chi connectivity index (χ2n) is 6.60. The first kappa shape index (κ1) is 19.1. The summed E-state index contributed by atoms with van der Waals surface area (Å²) in [5, 5.41) is 12.2. The predicted molar refractivity (Wildman–Crippen MR) is 113 cm³/mol. The smallest absolute Gasteiger partial charge is 0.191 e. The second kappa shape index (κ2) is 9.34. The van der Waals surface area contributed by atoms with Crippen molar-refractivity contribution in [2.24, 2.45) is 4.99 Å². The van der Waals surface area contributed by atoms with Gasteiger partial charge < -0.3 is 15.5 Å². The zero-order valence-electron chi connectivity index (χ0n) is 15.7. The molecule has 0 spiro atoms. The molecule has 1 fully saturated rings. The van der Waals surface area contributed by atoms with Crippen molar-refractivity contribution < 1.29 is 0 Å². The molecule has 1 atom stereocenters. The third-order valence-electron chi connectivity index (χ3n) is 4.50. The number of aromatic nitrogens is 1. The van der Waals surface area contributed by atoms with Crippen LogP contribution in [0.4, 0.5) is 5.13 Å². The minimum absolute atomic E-state index is 0.413. The number of thiophene rings is 1. The number of likely N-dealkylation sites (tertiary alicyclic amines) is 1.